The van der Waals surface area contributed by atoms with Crippen LogP contribution in [0.1, 0.15) is 0 Å². The molecule has 0 aliphatic carbocycles. The summed E-state index contributed by atoms with van der Waals surface area (Å²) in [5.74, 6) is 1.76. The molecule has 3 aromatic heterocycles. The van der Waals surface area contributed by atoms with Gasteiger partial charge in [-0.2, -0.15) is 0 Å². The Hall–Kier alpha value is -6.59. The molecular weight excluding hydrogens is 590 g/mol. The summed E-state index contributed by atoms with van der Waals surface area (Å²) in [6, 6.07) is 51.5. The first-order valence-electron chi connectivity index (χ1n) is 15.9. The lowest BCUT2D eigenvalue weighted by molar-refractivity contribution is 0.668. The Labute approximate surface area is 274 Å². The van der Waals surface area contributed by atoms with Gasteiger partial charge in [-0.15, -0.1) is 0 Å². The molecule has 5 nitrogen and oxygen atoms in total. The Morgan fingerprint density at radius 3 is 1.90 bits per heavy atom. The van der Waals surface area contributed by atoms with Gasteiger partial charge in [-0.3, -0.25) is 0 Å². The minimum atomic E-state index is 0.562. The van der Waals surface area contributed by atoms with Crippen LogP contribution < -0.4 is 0 Å². The molecule has 48 heavy (non-hydrogen) atoms. The van der Waals surface area contributed by atoms with E-state index in [1.807, 2.05) is 72.8 Å². The van der Waals surface area contributed by atoms with Gasteiger partial charge in [-0.05, 0) is 46.7 Å². The topological polar surface area (TPSA) is 65.0 Å². The van der Waals surface area contributed by atoms with Crippen molar-refractivity contribution in [2.75, 3.05) is 0 Å². The first kappa shape index (κ1) is 26.6. The van der Waals surface area contributed by atoms with Crippen molar-refractivity contribution in [1.29, 1.82) is 0 Å². The largest absolute Gasteiger partial charge is 0.456 e. The van der Waals surface area contributed by atoms with Gasteiger partial charge in [0.25, 0.3) is 0 Å². The Morgan fingerprint density at radius 1 is 0.375 bits per heavy atom. The highest BCUT2D eigenvalue weighted by Gasteiger charge is 2.24. The molecule has 0 atom stereocenters. The quantitative estimate of drug-likeness (QED) is 0.197. The van der Waals surface area contributed by atoms with Gasteiger partial charge in [0.1, 0.15) is 22.3 Å². The fraction of sp³-hybridized carbons (Fsp3) is 0. The van der Waals surface area contributed by atoms with Crippen LogP contribution in [0.25, 0.3) is 99.9 Å². The molecular formula is C43H25N3O2. The number of rotatable bonds is 4. The number of para-hydroxylation sites is 3. The molecule has 0 N–H and O–H groups in total. The molecule has 5 heteroatoms. The summed E-state index contributed by atoms with van der Waals surface area (Å²) in [6.45, 7) is 0. The van der Waals surface area contributed by atoms with Crippen LogP contribution in [0.5, 0.6) is 0 Å². The van der Waals surface area contributed by atoms with E-state index in [1.54, 1.807) is 0 Å². The summed E-state index contributed by atoms with van der Waals surface area (Å²) in [6.07, 6.45) is 0. The molecule has 0 aliphatic rings. The van der Waals surface area contributed by atoms with E-state index in [9.17, 15) is 0 Å². The van der Waals surface area contributed by atoms with Gasteiger partial charge >= 0.3 is 0 Å². The smallest absolute Gasteiger partial charge is 0.165 e. The molecule has 0 aliphatic heterocycles. The van der Waals surface area contributed by atoms with Gasteiger partial charge < -0.3 is 8.83 Å². The highest BCUT2D eigenvalue weighted by molar-refractivity contribution is 6.17. The van der Waals surface area contributed by atoms with Crippen molar-refractivity contribution in [3.05, 3.63) is 152 Å². The maximum absolute atomic E-state index is 6.56. The SMILES string of the molecule is c1ccc(-c2nc(-c3ccc4ccccc4c3)nc(-c3c(-c4cccc5c4oc4ccccc45)ccc4oc5ccccc5c34)n2)cc1. The zero-order valence-electron chi connectivity index (χ0n) is 25.6. The normalized spacial score (nSPS) is 11.8. The number of aromatic nitrogens is 3. The third kappa shape index (κ3) is 4.15. The highest BCUT2D eigenvalue weighted by Crippen LogP contribution is 2.45. The summed E-state index contributed by atoms with van der Waals surface area (Å²) in [5.41, 5.74) is 7.84. The van der Waals surface area contributed by atoms with Crippen LogP contribution in [0.2, 0.25) is 0 Å². The second-order valence-corrected chi connectivity index (χ2v) is 12.0. The van der Waals surface area contributed by atoms with Crippen molar-refractivity contribution in [1.82, 2.24) is 15.0 Å². The van der Waals surface area contributed by atoms with Crippen LogP contribution in [0.3, 0.4) is 0 Å². The van der Waals surface area contributed by atoms with Gasteiger partial charge in [0.15, 0.2) is 17.5 Å². The van der Waals surface area contributed by atoms with Crippen molar-refractivity contribution in [3.63, 3.8) is 0 Å². The second-order valence-electron chi connectivity index (χ2n) is 12.0. The standard InChI is InChI=1S/C43H25N3O2/c1-2-12-27(13-3-1)41-44-42(29-22-21-26-11-4-5-14-28(26)25-29)46-43(45-41)39-31(23-24-37-38(39)34-16-7-9-20-36(34)47-37)33-18-10-17-32-30-15-6-8-19-35(30)48-40(32)33/h1-25H. The molecule has 224 valence electrons. The monoisotopic (exact) mass is 615 g/mol. The average molecular weight is 616 g/mol. The van der Waals surface area contributed by atoms with Crippen LogP contribution in [-0.4, -0.2) is 15.0 Å². The van der Waals surface area contributed by atoms with Gasteiger partial charge in [-0.25, -0.2) is 15.0 Å². The van der Waals surface area contributed by atoms with E-state index in [4.69, 9.17) is 23.8 Å². The lowest BCUT2D eigenvalue weighted by Crippen LogP contribution is -2.01. The zero-order chi connectivity index (χ0) is 31.6. The molecule has 0 saturated heterocycles. The molecule has 10 rings (SSSR count). The maximum atomic E-state index is 6.56. The third-order valence-electron chi connectivity index (χ3n) is 9.14. The highest BCUT2D eigenvalue weighted by atomic mass is 16.3. The summed E-state index contributed by atoms with van der Waals surface area (Å²) in [4.78, 5) is 15.5. The average Bonchev–Trinajstić information content (AvgIpc) is 3.73. The molecule has 0 amide bonds. The van der Waals surface area contributed by atoms with Crippen LogP contribution in [-0.2, 0) is 0 Å². The molecule has 7 aromatic carbocycles. The van der Waals surface area contributed by atoms with Crippen molar-refractivity contribution < 1.29 is 8.83 Å². The summed E-state index contributed by atoms with van der Waals surface area (Å²) in [5, 5.41) is 6.37. The van der Waals surface area contributed by atoms with Crippen molar-refractivity contribution in [3.8, 4) is 45.3 Å². The molecule has 0 fully saturated rings. The minimum absolute atomic E-state index is 0.562. The van der Waals surface area contributed by atoms with E-state index in [2.05, 4.69) is 78.9 Å². The molecule has 0 bridgehead atoms. The van der Waals surface area contributed by atoms with Crippen LogP contribution >= 0.6 is 0 Å². The van der Waals surface area contributed by atoms with Crippen molar-refractivity contribution in [2.24, 2.45) is 0 Å². The van der Waals surface area contributed by atoms with Crippen LogP contribution in [0.4, 0.5) is 0 Å². The lowest BCUT2D eigenvalue weighted by Gasteiger charge is -2.14. The van der Waals surface area contributed by atoms with Gasteiger partial charge in [0.05, 0.1) is 0 Å². The molecule has 0 radical (unpaired) electrons. The number of hydrogen-bond donors (Lipinski definition) is 0. The zero-order valence-corrected chi connectivity index (χ0v) is 25.6. The molecule has 3 heterocycles. The van der Waals surface area contributed by atoms with Crippen LogP contribution in [0, 0.1) is 0 Å². The summed E-state index contributed by atoms with van der Waals surface area (Å²) >= 11 is 0. The first-order chi connectivity index (χ1) is 23.8. The van der Waals surface area contributed by atoms with Gasteiger partial charge in [-0.1, -0.05) is 121 Å². The predicted octanol–water partition coefficient (Wildman–Crippen LogP) is 11.5. The predicted molar refractivity (Wildman–Crippen MR) is 194 cm³/mol. The van der Waals surface area contributed by atoms with Crippen molar-refractivity contribution >= 4 is 54.6 Å². The van der Waals surface area contributed by atoms with E-state index in [-0.39, 0.29) is 0 Å². The lowest BCUT2D eigenvalue weighted by atomic mass is 9.93. The van der Waals surface area contributed by atoms with E-state index in [0.29, 0.717) is 17.5 Å². The first-order valence-corrected chi connectivity index (χ1v) is 15.9. The van der Waals surface area contributed by atoms with E-state index in [0.717, 1.165) is 82.5 Å². The number of furan rings is 2. The van der Waals surface area contributed by atoms with E-state index >= 15 is 0 Å². The maximum Gasteiger partial charge on any atom is 0.165 e. The van der Waals surface area contributed by atoms with Gasteiger partial charge in [0, 0.05) is 43.8 Å². The number of fused-ring (bicyclic) bond motifs is 7. The Morgan fingerprint density at radius 2 is 1.04 bits per heavy atom. The summed E-state index contributed by atoms with van der Waals surface area (Å²) in [7, 11) is 0. The Kier molecular flexibility index (Phi) is 5.81. The fourth-order valence-electron chi connectivity index (χ4n) is 6.89. The Balaban J connectivity index is 1.32. The Bertz CT molecular complexity index is 2850. The number of nitrogens with zero attached hydrogens (tertiary/aromatic N) is 3. The minimum Gasteiger partial charge on any atom is -0.456 e. The third-order valence-corrected chi connectivity index (χ3v) is 9.14. The molecule has 10 aromatic rings. The molecule has 0 saturated carbocycles. The molecule has 0 spiro atoms. The van der Waals surface area contributed by atoms with E-state index in [1.165, 1.54) is 0 Å². The fourth-order valence-corrected chi connectivity index (χ4v) is 6.89. The molecule has 0 unspecified atom stereocenters. The summed E-state index contributed by atoms with van der Waals surface area (Å²) < 4.78 is 13.0. The number of hydrogen-bond acceptors (Lipinski definition) is 5. The van der Waals surface area contributed by atoms with Crippen molar-refractivity contribution in [2.45, 2.75) is 0 Å². The van der Waals surface area contributed by atoms with Gasteiger partial charge in [0.2, 0.25) is 0 Å². The second kappa shape index (κ2) is 10.5. The van der Waals surface area contributed by atoms with Crippen LogP contribution in [0.15, 0.2) is 160 Å². The van der Waals surface area contributed by atoms with E-state index < -0.39 is 0 Å². The number of benzene rings is 7.